The Morgan fingerprint density at radius 2 is 2.19 bits per heavy atom. The number of rotatable bonds is 6. The molecule has 1 rings (SSSR count). The molecule has 0 aromatic carbocycles. The Kier molecular flexibility index (Phi) is 6.44. The largest absolute Gasteiger partial charge is 0.353 e. The lowest BCUT2D eigenvalue weighted by Gasteiger charge is -2.25. The van der Waals surface area contributed by atoms with Gasteiger partial charge in [-0.1, -0.05) is 28.5 Å². The van der Waals surface area contributed by atoms with Gasteiger partial charge in [0.25, 0.3) is 0 Å². The van der Waals surface area contributed by atoms with Crippen LogP contribution in [0.4, 0.5) is 0 Å². The molecule has 1 amide bonds. The second kappa shape index (κ2) is 7.07. The molecule has 1 aliphatic rings. The van der Waals surface area contributed by atoms with Crippen molar-refractivity contribution in [2.45, 2.75) is 26.3 Å². The maximum absolute atomic E-state index is 12.1. The van der Waals surface area contributed by atoms with Crippen molar-refractivity contribution in [1.29, 1.82) is 0 Å². The van der Waals surface area contributed by atoms with E-state index in [1.165, 1.54) is 0 Å². The van der Waals surface area contributed by atoms with E-state index >= 15 is 0 Å². The van der Waals surface area contributed by atoms with E-state index in [0.717, 1.165) is 17.9 Å². The smallest absolute Gasteiger partial charge is 0.227 e. The summed E-state index contributed by atoms with van der Waals surface area (Å²) in [6, 6.07) is 0.173. The number of hydrogen-bond acceptors (Lipinski definition) is 4. The van der Waals surface area contributed by atoms with Crippen molar-refractivity contribution < 1.29 is 4.79 Å². The summed E-state index contributed by atoms with van der Waals surface area (Å²) in [7, 11) is 3.59. The SMILES string of the molecule is C[CH]C(C[CH]SC)NC(=O)C1(C)CSSC1. The molecule has 0 saturated carbocycles. The molecule has 1 heterocycles. The second-order valence-electron chi connectivity index (χ2n) is 4.14. The third-order valence-electron chi connectivity index (χ3n) is 2.62. The molecule has 0 spiro atoms. The van der Waals surface area contributed by atoms with E-state index in [1.54, 1.807) is 33.3 Å². The van der Waals surface area contributed by atoms with Crippen LogP contribution in [0.2, 0.25) is 0 Å². The highest BCUT2D eigenvalue weighted by atomic mass is 33.1. The summed E-state index contributed by atoms with van der Waals surface area (Å²) in [6.07, 6.45) is 5.00. The number of carbonyl (C=O) groups excluding carboxylic acids is 1. The van der Waals surface area contributed by atoms with Crippen molar-refractivity contribution in [3.05, 3.63) is 12.2 Å². The fraction of sp³-hybridized carbons (Fsp3) is 0.727. The van der Waals surface area contributed by atoms with E-state index in [9.17, 15) is 4.79 Å². The molecular weight excluding hydrogens is 258 g/mol. The molecule has 0 aromatic rings. The number of thioether (sulfide) groups is 1. The van der Waals surface area contributed by atoms with Gasteiger partial charge in [0.05, 0.1) is 5.41 Å². The summed E-state index contributed by atoms with van der Waals surface area (Å²) in [6.45, 7) is 4.06. The zero-order valence-corrected chi connectivity index (χ0v) is 12.4. The quantitative estimate of drug-likeness (QED) is 0.756. The van der Waals surface area contributed by atoms with Crippen molar-refractivity contribution in [1.82, 2.24) is 5.32 Å². The first-order valence-corrected chi connectivity index (χ1v) is 9.09. The maximum Gasteiger partial charge on any atom is 0.227 e. The molecule has 2 nitrogen and oxygen atoms in total. The van der Waals surface area contributed by atoms with Crippen molar-refractivity contribution in [2.24, 2.45) is 5.41 Å². The van der Waals surface area contributed by atoms with Crippen LogP contribution in [0.15, 0.2) is 0 Å². The van der Waals surface area contributed by atoms with Gasteiger partial charge in [0.1, 0.15) is 0 Å². The average Bonchev–Trinajstić information content (AvgIpc) is 2.72. The van der Waals surface area contributed by atoms with E-state index < -0.39 is 0 Å². The monoisotopic (exact) mass is 277 g/mol. The summed E-state index contributed by atoms with van der Waals surface area (Å²) in [4.78, 5) is 12.1. The van der Waals surface area contributed by atoms with Crippen LogP contribution in [0.5, 0.6) is 0 Å². The molecule has 1 fully saturated rings. The fourth-order valence-corrected chi connectivity index (χ4v) is 5.08. The van der Waals surface area contributed by atoms with Gasteiger partial charge in [0.2, 0.25) is 5.91 Å². The van der Waals surface area contributed by atoms with Gasteiger partial charge in [-0.15, -0.1) is 0 Å². The standard InChI is InChI=1S/C11H19NOS3/c1-4-9(5-6-14-3)12-10(13)11(2)7-15-16-8-11/h4,6,9H,5,7-8H2,1-3H3,(H,12,13). The van der Waals surface area contributed by atoms with Gasteiger partial charge in [-0.2, -0.15) is 11.8 Å². The zero-order valence-electron chi connectivity index (χ0n) is 9.99. The minimum Gasteiger partial charge on any atom is -0.353 e. The Morgan fingerprint density at radius 1 is 1.56 bits per heavy atom. The first-order chi connectivity index (χ1) is 7.62. The van der Waals surface area contributed by atoms with Gasteiger partial charge < -0.3 is 5.32 Å². The predicted molar refractivity (Wildman–Crippen MR) is 77.4 cm³/mol. The molecule has 2 radical (unpaired) electrons. The third kappa shape index (κ3) is 4.08. The summed E-state index contributed by atoms with van der Waals surface area (Å²) < 4.78 is 0. The molecule has 1 unspecified atom stereocenters. The first-order valence-electron chi connectivity index (χ1n) is 5.32. The van der Waals surface area contributed by atoms with Gasteiger partial charge >= 0.3 is 0 Å². The molecule has 1 aliphatic heterocycles. The highest BCUT2D eigenvalue weighted by Gasteiger charge is 2.38. The number of carbonyl (C=O) groups is 1. The Bertz CT molecular complexity index is 229. The van der Waals surface area contributed by atoms with Gasteiger partial charge in [-0.3, -0.25) is 4.79 Å². The second-order valence-corrected chi connectivity index (χ2v) is 7.40. The highest BCUT2D eigenvalue weighted by Crippen LogP contribution is 2.43. The molecule has 1 N–H and O–H groups in total. The van der Waals surface area contributed by atoms with E-state index in [1.807, 2.05) is 13.2 Å². The van der Waals surface area contributed by atoms with E-state index in [0.29, 0.717) is 0 Å². The fourth-order valence-electron chi connectivity index (χ4n) is 1.34. The number of hydrogen-bond donors (Lipinski definition) is 1. The zero-order chi connectivity index (χ0) is 12.0. The Balaban J connectivity index is 2.41. The Labute approximate surface area is 111 Å². The molecule has 16 heavy (non-hydrogen) atoms. The summed E-state index contributed by atoms with van der Waals surface area (Å²) in [5.74, 6) is 4.17. The van der Waals surface area contributed by atoms with Crippen LogP contribution >= 0.6 is 33.3 Å². The molecule has 92 valence electrons. The lowest BCUT2D eigenvalue weighted by atomic mass is 9.94. The van der Waals surface area contributed by atoms with Crippen LogP contribution in [0.25, 0.3) is 0 Å². The molecule has 0 aromatic heterocycles. The molecule has 5 heteroatoms. The lowest BCUT2D eigenvalue weighted by molar-refractivity contribution is -0.128. The number of amides is 1. The van der Waals surface area contributed by atoms with Crippen LogP contribution in [0, 0.1) is 17.6 Å². The molecular formula is C11H19NOS3. The Morgan fingerprint density at radius 3 is 2.69 bits per heavy atom. The van der Waals surface area contributed by atoms with Crippen molar-refractivity contribution in [3.8, 4) is 0 Å². The van der Waals surface area contributed by atoms with Crippen molar-refractivity contribution in [3.63, 3.8) is 0 Å². The summed E-state index contributed by atoms with van der Waals surface area (Å²) >= 11 is 1.70. The molecule has 0 aliphatic carbocycles. The van der Waals surface area contributed by atoms with Gasteiger partial charge in [-0.05, 0) is 26.0 Å². The number of nitrogens with one attached hydrogen (secondary N) is 1. The first kappa shape index (κ1) is 14.6. The normalized spacial score (nSPS) is 20.7. The maximum atomic E-state index is 12.1. The highest BCUT2D eigenvalue weighted by molar-refractivity contribution is 8.77. The lowest BCUT2D eigenvalue weighted by Crippen LogP contribution is -2.45. The molecule has 1 saturated heterocycles. The summed E-state index contributed by atoms with van der Waals surface area (Å²) in [5, 5.41) is 3.12. The van der Waals surface area contributed by atoms with E-state index in [-0.39, 0.29) is 17.4 Å². The third-order valence-corrected chi connectivity index (χ3v) is 6.03. The van der Waals surface area contributed by atoms with E-state index in [2.05, 4.69) is 24.4 Å². The van der Waals surface area contributed by atoms with Gasteiger partial charge in [0, 0.05) is 23.3 Å². The molecule has 0 bridgehead atoms. The van der Waals surface area contributed by atoms with Crippen LogP contribution in [-0.4, -0.2) is 29.7 Å². The Hall–Kier alpha value is 0.520. The topological polar surface area (TPSA) is 29.1 Å². The van der Waals surface area contributed by atoms with Crippen molar-refractivity contribution >= 4 is 39.3 Å². The molecule has 1 atom stereocenters. The van der Waals surface area contributed by atoms with E-state index in [4.69, 9.17) is 0 Å². The summed E-state index contributed by atoms with van der Waals surface area (Å²) in [5.41, 5.74) is -0.185. The van der Waals surface area contributed by atoms with Gasteiger partial charge in [0.15, 0.2) is 0 Å². The minimum atomic E-state index is -0.185. The predicted octanol–water partition coefficient (Wildman–Crippen LogP) is 3.01. The van der Waals surface area contributed by atoms with Crippen LogP contribution in [-0.2, 0) is 4.79 Å². The van der Waals surface area contributed by atoms with Crippen LogP contribution in [0.3, 0.4) is 0 Å². The van der Waals surface area contributed by atoms with Gasteiger partial charge in [-0.25, -0.2) is 0 Å². The van der Waals surface area contributed by atoms with Crippen molar-refractivity contribution in [2.75, 3.05) is 17.8 Å². The average molecular weight is 277 g/mol. The minimum absolute atomic E-state index is 0.173. The van der Waals surface area contributed by atoms with Crippen LogP contribution < -0.4 is 5.32 Å². The van der Waals surface area contributed by atoms with Crippen LogP contribution in [0.1, 0.15) is 20.3 Å².